The molecule has 0 spiro atoms. The van der Waals surface area contributed by atoms with Crippen LogP contribution < -0.4 is 5.73 Å². The van der Waals surface area contributed by atoms with E-state index >= 15 is 0 Å². The van der Waals surface area contributed by atoms with Gasteiger partial charge < -0.3 is 20.6 Å². The topological polar surface area (TPSA) is 86.9 Å². The Morgan fingerprint density at radius 2 is 1.53 bits per heavy atom. The first-order chi connectivity index (χ1) is 9.08. The molecule has 0 radical (unpaired) electrons. The van der Waals surface area contributed by atoms with Gasteiger partial charge >= 0.3 is 6.09 Å². The van der Waals surface area contributed by atoms with Crippen molar-refractivity contribution in [3.8, 4) is 0 Å². The van der Waals surface area contributed by atoms with Crippen molar-refractivity contribution < 1.29 is 14.7 Å². The van der Waals surface area contributed by atoms with Gasteiger partial charge in [-0.2, -0.15) is 0 Å². The summed E-state index contributed by atoms with van der Waals surface area (Å²) < 4.78 is 0. The molecule has 6 heteroatoms. The molecule has 2 amide bonds. The lowest BCUT2D eigenvalue weighted by molar-refractivity contribution is -0.136. The molecule has 0 bridgehead atoms. The summed E-state index contributed by atoms with van der Waals surface area (Å²) in [5, 5.41) is 8.97. The smallest absolute Gasteiger partial charge is 0.407 e. The first-order valence-corrected chi connectivity index (χ1v) is 7.10. The van der Waals surface area contributed by atoms with E-state index in [1.807, 2.05) is 4.90 Å². The van der Waals surface area contributed by atoms with Gasteiger partial charge in [0.15, 0.2) is 0 Å². The first kappa shape index (κ1) is 14.1. The van der Waals surface area contributed by atoms with Crippen LogP contribution in [-0.2, 0) is 4.79 Å². The molecule has 2 rings (SSSR count). The molecule has 19 heavy (non-hydrogen) atoms. The van der Waals surface area contributed by atoms with Crippen LogP contribution in [0.2, 0.25) is 0 Å². The minimum atomic E-state index is -0.891. The molecule has 1 saturated heterocycles. The fourth-order valence-electron chi connectivity index (χ4n) is 2.95. The van der Waals surface area contributed by atoms with E-state index in [0.717, 1.165) is 32.1 Å². The zero-order chi connectivity index (χ0) is 13.8. The number of nitrogens with two attached hydrogens (primary N) is 1. The largest absolute Gasteiger partial charge is 0.465 e. The molecule has 0 aromatic rings. The molecular weight excluding hydrogens is 246 g/mol. The standard InChI is InChI=1S/C13H23N3O3/c14-11-4-2-10(3-5-11)12(17)15-6-1-7-16(9-8-15)13(18)19/h10-11H,1-9,14H2,(H,18,19). The van der Waals surface area contributed by atoms with Crippen LogP contribution in [0.15, 0.2) is 0 Å². The Morgan fingerprint density at radius 1 is 0.947 bits per heavy atom. The van der Waals surface area contributed by atoms with E-state index < -0.39 is 6.09 Å². The third kappa shape index (κ3) is 3.59. The highest BCUT2D eigenvalue weighted by atomic mass is 16.4. The lowest BCUT2D eigenvalue weighted by atomic mass is 9.85. The molecule has 2 aliphatic rings. The molecule has 6 nitrogen and oxygen atoms in total. The molecule has 1 aliphatic carbocycles. The van der Waals surface area contributed by atoms with Crippen molar-refractivity contribution in [2.24, 2.45) is 11.7 Å². The van der Waals surface area contributed by atoms with Gasteiger partial charge in [0, 0.05) is 38.1 Å². The van der Waals surface area contributed by atoms with Gasteiger partial charge in [-0.3, -0.25) is 4.79 Å². The molecule has 1 aliphatic heterocycles. The zero-order valence-electron chi connectivity index (χ0n) is 11.3. The number of amides is 2. The van der Waals surface area contributed by atoms with Gasteiger partial charge in [-0.25, -0.2) is 4.79 Å². The first-order valence-electron chi connectivity index (χ1n) is 7.10. The summed E-state index contributed by atoms with van der Waals surface area (Å²) in [6.07, 6.45) is 3.43. The molecule has 2 fully saturated rings. The van der Waals surface area contributed by atoms with E-state index in [-0.39, 0.29) is 17.9 Å². The van der Waals surface area contributed by atoms with Gasteiger partial charge in [0.1, 0.15) is 0 Å². The minimum Gasteiger partial charge on any atom is -0.465 e. The van der Waals surface area contributed by atoms with Crippen molar-refractivity contribution in [3.63, 3.8) is 0 Å². The van der Waals surface area contributed by atoms with Crippen molar-refractivity contribution in [2.75, 3.05) is 26.2 Å². The second kappa shape index (κ2) is 6.23. The maximum atomic E-state index is 12.4. The van der Waals surface area contributed by atoms with Gasteiger partial charge in [0.25, 0.3) is 0 Å². The quantitative estimate of drug-likeness (QED) is 0.734. The van der Waals surface area contributed by atoms with E-state index in [0.29, 0.717) is 26.2 Å². The van der Waals surface area contributed by atoms with Crippen LogP contribution in [0.4, 0.5) is 4.79 Å². The van der Waals surface area contributed by atoms with Crippen LogP contribution in [-0.4, -0.2) is 59.1 Å². The van der Waals surface area contributed by atoms with Crippen molar-refractivity contribution in [1.82, 2.24) is 9.80 Å². The molecule has 0 unspecified atom stereocenters. The molecule has 1 heterocycles. The molecular formula is C13H23N3O3. The van der Waals surface area contributed by atoms with E-state index in [2.05, 4.69) is 0 Å². The molecule has 0 atom stereocenters. The monoisotopic (exact) mass is 269 g/mol. The van der Waals surface area contributed by atoms with Crippen molar-refractivity contribution in [2.45, 2.75) is 38.1 Å². The van der Waals surface area contributed by atoms with Gasteiger partial charge in [0.05, 0.1) is 0 Å². The van der Waals surface area contributed by atoms with Crippen LogP contribution >= 0.6 is 0 Å². The summed E-state index contributed by atoms with van der Waals surface area (Å²) in [5.41, 5.74) is 5.86. The van der Waals surface area contributed by atoms with Crippen molar-refractivity contribution in [3.05, 3.63) is 0 Å². The third-order valence-corrected chi connectivity index (χ3v) is 4.20. The fraction of sp³-hybridized carbons (Fsp3) is 0.846. The van der Waals surface area contributed by atoms with Crippen LogP contribution in [0.3, 0.4) is 0 Å². The van der Waals surface area contributed by atoms with E-state index in [4.69, 9.17) is 10.8 Å². The SMILES string of the molecule is NC1CCC(C(=O)N2CCCN(C(=O)O)CC2)CC1. The van der Waals surface area contributed by atoms with Gasteiger partial charge in [0.2, 0.25) is 5.91 Å². The highest BCUT2D eigenvalue weighted by molar-refractivity contribution is 5.79. The molecule has 0 aromatic heterocycles. The minimum absolute atomic E-state index is 0.0937. The third-order valence-electron chi connectivity index (χ3n) is 4.20. The summed E-state index contributed by atoms with van der Waals surface area (Å²) in [6.45, 7) is 2.14. The normalized spacial score (nSPS) is 28.9. The Bertz CT molecular complexity index is 340. The molecule has 3 N–H and O–H groups in total. The number of carbonyl (C=O) groups is 2. The van der Waals surface area contributed by atoms with Crippen molar-refractivity contribution in [1.29, 1.82) is 0 Å². The fourth-order valence-corrected chi connectivity index (χ4v) is 2.95. The second-order valence-electron chi connectivity index (χ2n) is 5.56. The number of nitrogens with zero attached hydrogens (tertiary/aromatic N) is 2. The number of hydrogen-bond acceptors (Lipinski definition) is 3. The predicted octanol–water partition coefficient (Wildman–Crippen LogP) is 0.716. The number of rotatable bonds is 1. The summed E-state index contributed by atoms with van der Waals surface area (Å²) >= 11 is 0. The van der Waals surface area contributed by atoms with Gasteiger partial charge in [-0.1, -0.05) is 0 Å². The average Bonchev–Trinajstić information content (AvgIpc) is 2.64. The van der Waals surface area contributed by atoms with E-state index in [1.54, 1.807) is 0 Å². The Balaban J connectivity index is 1.87. The molecule has 1 saturated carbocycles. The second-order valence-corrected chi connectivity index (χ2v) is 5.56. The number of hydrogen-bond donors (Lipinski definition) is 2. The lowest BCUT2D eigenvalue weighted by Gasteiger charge is -2.30. The molecule has 108 valence electrons. The lowest BCUT2D eigenvalue weighted by Crippen LogP contribution is -2.41. The summed E-state index contributed by atoms with van der Waals surface area (Å²) in [4.78, 5) is 26.6. The predicted molar refractivity (Wildman–Crippen MR) is 70.7 cm³/mol. The molecule has 0 aromatic carbocycles. The number of carboxylic acid groups (broad SMARTS) is 1. The van der Waals surface area contributed by atoms with Crippen LogP contribution in [0, 0.1) is 5.92 Å². The maximum absolute atomic E-state index is 12.4. The van der Waals surface area contributed by atoms with Crippen molar-refractivity contribution >= 4 is 12.0 Å². The van der Waals surface area contributed by atoms with E-state index in [1.165, 1.54) is 4.90 Å². The average molecular weight is 269 g/mol. The Morgan fingerprint density at radius 3 is 2.16 bits per heavy atom. The summed E-state index contributed by atoms with van der Waals surface area (Å²) in [5.74, 6) is 0.287. The van der Waals surface area contributed by atoms with Crippen LogP contribution in [0.1, 0.15) is 32.1 Å². The van der Waals surface area contributed by atoms with E-state index in [9.17, 15) is 9.59 Å². The highest BCUT2D eigenvalue weighted by Crippen LogP contribution is 2.25. The number of carbonyl (C=O) groups excluding carboxylic acids is 1. The van der Waals surface area contributed by atoms with Gasteiger partial charge in [-0.15, -0.1) is 0 Å². The Kier molecular flexibility index (Phi) is 4.63. The Hall–Kier alpha value is -1.30. The van der Waals surface area contributed by atoms with Crippen LogP contribution in [0.25, 0.3) is 0 Å². The summed E-state index contributed by atoms with van der Waals surface area (Å²) in [6, 6.07) is 0.246. The maximum Gasteiger partial charge on any atom is 0.407 e. The van der Waals surface area contributed by atoms with Crippen LogP contribution in [0.5, 0.6) is 0 Å². The zero-order valence-corrected chi connectivity index (χ0v) is 11.3. The summed E-state index contributed by atoms with van der Waals surface area (Å²) in [7, 11) is 0. The Labute approximate surface area is 113 Å². The van der Waals surface area contributed by atoms with Gasteiger partial charge in [-0.05, 0) is 32.1 Å². The highest BCUT2D eigenvalue weighted by Gasteiger charge is 2.29.